The zero-order valence-electron chi connectivity index (χ0n) is 22.6. The van der Waals surface area contributed by atoms with Gasteiger partial charge in [-0.1, -0.05) is 72.8 Å². The van der Waals surface area contributed by atoms with E-state index in [0.29, 0.717) is 23.0 Å². The zero-order chi connectivity index (χ0) is 28.0. The van der Waals surface area contributed by atoms with E-state index in [2.05, 4.69) is 0 Å². The van der Waals surface area contributed by atoms with Crippen molar-refractivity contribution in [1.29, 1.82) is 0 Å². The Morgan fingerprint density at radius 3 is 1.95 bits per heavy atom. The molecule has 4 aromatic carbocycles. The second-order valence-electron chi connectivity index (χ2n) is 9.20. The molecule has 204 valence electrons. The summed E-state index contributed by atoms with van der Waals surface area (Å²) in [5.41, 5.74) is 2.96. The molecule has 0 aliphatic carbocycles. The Bertz CT molecular complexity index is 1580. The molecule has 0 unspecified atom stereocenters. The summed E-state index contributed by atoms with van der Waals surface area (Å²) in [4.78, 5) is 11.5. The molecule has 8 nitrogen and oxygen atoms in total. The molecule has 1 aromatic heterocycles. The van der Waals surface area contributed by atoms with Crippen molar-refractivity contribution in [3.8, 4) is 22.9 Å². The van der Waals surface area contributed by atoms with Crippen LogP contribution in [-0.2, 0) is 26.8 Å². The van der Waals surface area contributed by atoms with Crippen LogP contribution in [-0.4, -0.2) is 31.2 Å². The first kappa shape index (κ1) is 27.3. The van der Waals surface area contributed by atoms with Gasteiger partial charge in [0.25, 0.3) is 0 Å². The maximum atomic E-state index is 14.0. The number of phosphoric acid groups is 1. The maximum Gasteiger partial charge on any atom is 0.530 e. The summed E-state index contributed by atoms with van der Waals surface area (Å²) in [5, 5.41) is 0.842. The van der Waals surface area contributed by atoms with Gasteiger partial charge in [0.1, 0.15) is 17.3 Å². The van der Waals surface area contributed by atoms with Crippen LogP contribution >= 0.6 is 7.82 Å². The second kappa shape index (κ2) is 12.3. The Kier molecular flexibility index (Phi) is 8.41. The van der Waals surface area contributed by atoms with Crippen LogP contribution in [0.3, 0.4) is 0 Å². The van der Waals surface area contributed by atoms with Crippen molar-refractivity contribution in [1.82, 2.24) is 9.97 Å². The molecule has 0 atom stereocenters. The van der Waals surface area contributed by atoms with Gasteiger partial charge >= 0.3 is 7.82 Å². The monoisotopic (exact) mass is 555 g/mol. The summed E-state index contributed by atoms with van der Waals surface area (Å²) in [6.45, 7) is 0.0995. The minimum atomic E-state index is -4.09. The normalized spacial score (nSPS) is 11.4. The smallest absolute Gasteiger partial charge is 0.497 e. The van der Waals surface area contributed by atoms with Crippen LogP contribution in [0.2, 0.25) is 0 Å². The van der Waals surface area contributed by atoms with E-state index >= 15 is 0 Å². The molecule has 0 fully saturated rings. The fourth-order valence-electron chi connectivity index (χ4n) is 4.08. The van der Waals surface area contributed by atoms with Gasteiger partial charge in [0.15, 0.2) is 5.82 Å². The average molecular weight is 556 g/mol. The molecule has 0 saturated heterocycles. The van der Waals surface area contributed by atoms with Gasteiger partial charge in [-0.15, -0.1) is 0 Å². The number of fused-ring (bicyclic) bond motifs is 1. The third-order valence-electron chi connectivity index (χ3n) is 6.11. The summed E-state index contributed by atoms with van der Waals surface area (Å²) < 4.78 is 37.2. The lowest BCUT2D eigenvalue weighted by Gasteiger charge is -2.21. The molecule has 1 heterocycles. The molecule has 5 aromatic rings. The predicted molar refractivity (Wildman–Crippen MR) is 157 cm³/mol. The molecule has 0 aliphatic rings. The number of anilines is 1. The Morgan fingerprint density at radius 2 is 1.35 bits per heavy atom. The van der Waals surface area contributed by atoms with E-state index in [-0.39, 0.29) is 19.0 Å². The molecule has 0 bridgehead atoms. The summed E-state index contributed by atoms with van der Waals surface area (Å²) in [7, 11) is 1.36. The zero-order valence-corrected chi connectivity index (χ0v) is 23.5. The lowest BCUT2D eigenvalue weighted by atomic mass is 10.1. The Balaban J connectivity index is 1.51. The van der Waals surface area contributed by atoms with Crippen molar-refractivity contribution in [3.63, 3.8) is 0 Å². The van der Waals surface area contributed by atoms with Gasteiger partial charge in [-0.05, 0) is 41.5 Å². The molecule has 5 rings (SSSR count). The molecule has 0 saturated carbocycles. The number of rotatable bonds is 11. The summed E-state index contributed by atoms with van der Waals surface area (Å²) in [6.07, 6.45) is 0. The van der Waals surface area contributed by atoms with E-state index in [0.717, 1.165) is 22.0 Å². The second-order valence-corrected chi connectivity index (χ2v) is 10.8. The molecule has 0 N–H and O–H groups in total. The average Bonchev–Trinajstić information content (AvgIpc) is 2.99. The van der Waals surface area contributed by atoms with Crippen LogP contribution in [0.25, 0.3) is 22.3 Å². The number of nitrogens with zero attached hydrogens (tertiary/aromatic N) is 3. The van der Waals surface area contributed by atoms with Crippen molar-refractivity contribution in [2.75, 3.05) is 26.1 Å². The maximum absolute atomic E-state index is 14.0. The van der Waals surface area contributed by atoms with E-state index in [1.807, 2.05) is 110 Å². The fraction of sp³-hybridized carbons (Fsp3) is 0.161. The van der Waals surface area contributed by atoms with Crippen LogP contribution in [0.1, 0.15) is 11.1 Å². The van der Waals surface area contributed by atoms with Crippen molar-refractivity contribution in [2.24, 2.45) is 0 Å². The minimum absolute atomic E-state index is 0.0498. The number of aromatic nitrogens is 2. The molecule has 0 radical (unpaired) electrons. The first-order valence-corrected chi connectivity index (χ1v) is 14.2. The minimum Gasteiger partial charge on any atom is -0.497 e. The Labute approximate surface area is 233 Å². The molecule has 40 heavy (non-hydrogen) atoms. The van der Waals surface area contributed by atoms with Gasteiger partial charge in [0.2, 0.25) is 0 Å². The standard InChI is InChI=1S/C31H30N3O5P/c1-34(2)31-27-20-25(36-3)18-19-28(27)32-30(33-31)26-16-10-11-17-29(26)39-40(35,37-21-23-12-6-4-7-13-23)38-22-24-14-8-5-9-15-24/h4-20H,21-22H2,1-3H3. The molecule has 0 spiro atoms. The quantitative estimate of drug-likeness (QED) is 0.157. The van der Waals surface area contributed by atoms with Crippen molar-refractivity contribution in [2.45, 2.75) is 13.2 Å². The van der Waals surface area contributed by atoms with Gasteiger partial charge in [-0.3, -0.25) is 9.05 Å². The van der Waals surface area contributed by atoms with Gasteiger partial charge in [0, 0.05) is 19.5 Å². The van der Waals surface area contributed by atoms with Crippen LogP contribution in [0.5, 0.6) is 11.5 Å². The number of hydrogen-bond donors (Lipinski definition) is 0. The van der Waals surface area contributed by atoms with E-state index in [1.165, 1.54) is 0 Å². The number of phosphoric ester groups is 1. The highest BCUT2D eigenvalue weighted by atomic mass is 31.2. The lowest BCUT2D eigenvalue weighted by molar-refractivity contribution is 0.143. The largest absolute Gasteiger partial charge is 0.530 e. The summed E-state index contributed by atoms with van der Waals surface area (Å²) in [5.74, 6) is 2.11. The summed E-state index contributed by atoms with van der Waals surface area (Å²) in [6, 6.07) is 31.7. The molecular formula is C31H30N3O5P. The molecule has 9 heteroatoms. The number of para-hydroxylation sites is 1. The first-order valence-electron chi connectivity index (χ1n) is 12.7. The number of benzene rings is 4. The number of hydrogen-bond acceptors (Lipinski definition) is 8. The highest BCUT2D eigenvalue weighted by Crippen LogP contribution is 2.52. The lowest BCUT2D eigenvalue weighted by Crippen LogP contribution is -2.12. The van der Waals surface area contributed by atoms with E-state index < -0.39 is 7.82 Å². The Hall–Kier alpha value is -4.23. The number of ether oxygens (including phenoxy) is 1. The van der Waals surface area contributed by atoms with E-state index in [9.17, 15) is 4.57 Å². The topological polar surface area (TPSA) is 83.0 Å². The van der Waals surface area contributed by atoms with Gasteiger partial charge < -0.3 is 14.2 Å². The molecule has 0 aliphatic heterocycles. The van der Waals surface area contributed by atoms with Gasteiger partial charge in [0.05, 0.1) is 31.4 Å². The highest BCUT2D eigenvalue weighted by molar-refractivity contribution is 7.48. The SMILES string of the molecule is COc1ccc2nc(-c3ccccc3OP(=O)(OCc3ccccc3)OCc3ccccc3)nc(N(C)C)c2c1. The van der Waals surface area contributed by atoms with Crippen LogP contribution in [0, 0.1) is 0 Å². The van der Waals surface area contributed by atoms with E-state index in [1.54, 1.807) is 19.2 Å². The van der Waals surface area contributed by atoms with Gasteiger partial charge in [-0.2, -0.15) is 0 Å². The van der Waals surface area contributed by atoms with Crippen molar-refractivity contribution >= 4 is 24.5 Å². The predicted octanol–water partition coefficient (Wildman–Crippen LogP) is 7.29. The van der Waals surface area contributed by atoms with Crippen molar-refractivity contribution < 1.29 is 22.9 Å². The molecule has 0 amide bonds. The van der Waals surface area contributed by atoms with Crippen molar-refractivity contribution in [3.05, 3.63) is 114 Å². The first-order chi connectivity index (χ1) is 19.4. The highest BCUT2D eigenvalue weighted by Gasteiger charge is 2.31. The third kappa shape index (κ3) is 6.49. The van der Waals surface area contributed by atoms with Crippen LogP contribution in [0.4, 0.5) is 5.82 Å². The van der Waals surface area contributed by atoms with Gasteiger partial charge in [-0.25, -0.2) is 14.5 Å². The van der Waals surface area contributed by atoms with E-state index in [4.69, 9.17) is 28.3 Å². The Morgan fingerprint density at radius 1 is 0.750 bits per heavy atom. The number of methoxy groups -OCH3 is 1. The summed E-state index contributed by atoms with van der Waals surface area (Å²) >= 11 is 0. The van der Waals surface area contributed by atoms with Crippen LogP contribution < -0.4 is 14.2 Å². The fourth-order valence-corrected chi connectivity index (χ4v) is 5.27. The van der Waals surface area contributed by atoms with Crippen LogP contribution in [0.15, 0.2) is 103 Å². The molecular weight excluding hydrogens is 525 g/mol. The third-order valence-corrected chi connectivity index (χ3v) is 7.42.